The lowest BCUT2D eigenvalue weighted by atomic mass is 10.1. The minimum atomic E-state index is -0.105. The van der Waals surface area contributed by atoms with Gasteiger partial charge in [-0.2, -0.15) is 15.0 Å². The van der Waals surface area contributed by atoms with E-state index in [9.17, 15) is 5.11 Å². The molecular formula is C12H23N5O2. The van der Waals surface area contributed by atoms with Crippen molar-refractivity contribution >= 4 is 11.9 Å². The number of nitrogens with zero attached hydrogens (tertiary/aromatic N) is 3. The maximum Gasteiger partial charge on any atom is 0.323 e. The van der Waals surface area contributed by atoms with Gasteiger partial charge in [-0.3, -0.25) is 0 Å². The summed E-state index contributed by atoms with van der Waals surface area (Å²) in [7, 11) is 1.73. The fourth-order valence-corrected chi connectivity index (χ4v) is 1.38. The van der Waals surface area contributed by atoms with Crippen molar-refractivity contribution in [3.8, 4) is 6.01 Å². The van der Waals surface area contributed by atoms with Gasteiger partial charge in [0.15, 0.2) is 0 Å². The van der Waals surface area contributed by atoms with Crippen LogP contribution >= 0.6 is 0 Å². The number of ether oxygens (including phenoxy) is 1. The average molecular weight is 269 g/mol. The lowest BCUT2D eigenvalue weighted by Crippen LogP contribution is -2.30. The predicted molar refractivity (Wildman–Crippen MR) is 74.5 cm³/mol. The standard InChI is InChI=1S/C12H23N5O2/c1-5-6-19-12-16-10(13-4)15-11(17-12)14-9(7-18)8(2)3/h8-9,18H,5-7H2,1-4H3,(H2,13,14,15,16,17)/t9-/m1/s1. The van der Waals surface area contributed by atoms with E-state index in [1.165, 1.54) is 0 Å². The van der Waals surface area contributed by atoms with E-state index in [2.05, 4.69) is 25.6 Å². The van der Waals surface area contributed by atoms with E-state index < -0.39 is 0 Å². The Kier molecular flexibility index (Phi) is 6.27. The Hall–Kier alpha value is -1.63. The highest BCUT2D eigenvalue weighted by Gasteiger charge is 2.15. The van der Waals surface area contributed by atoms with E-state index in [1.807, 2.05) is 20.8 Å². The van der Waals surface area contributed by atoms with Gasteiger partial charge in [0.2, 0.25) is 11.9 Å². The first-order chi connectivity index (χ1) is 9.10. The van der Waals surface area contributed by atoms with Gasteiger partial charge in [-0.1, -0.05) is 20.8 Å². The van der Waals surface area contributed by atoms with Crippen LogP contribution in [-0.4, -0.2) is 46.4 Å². The minimum Gasteiger partial charge on any atom is -0.463 e. The van der Waals surface area contributed by atoms with Gasteiger partial charge < -0.3 is 20.5 Å². The molecule has 1 rings (SSSR count). The first kappa shape index (κ1) is 15.4. The zero-order chi connectivity index (χ0) is 14.3. The van der Waals surface area contributed by atoms with Crippen LogP contribution in [0.25, 0.3) is 0 Å². The van der Waals surface area contributed by atoms with Crippen molar-refractivity contribution < 1.29 is 9.84 Å². The van der Waals surface area contributed by atoms with Crippen LogP contribution in [-0.2, 0) is 0 Å². The summed E-state index contributed by atoms with van der Waals surface area (Å²) in [6.07, 6.45) is 0.884. The molecule has 0 radical (unpaired) electrons. The first-order valence-corrected chi connectivity index (χ1v) is 6.54. The highest BCUT2D eigenvalue weighted by molar-refractivity contribution is 5.36. The van der Waals surface area contributed by atoms with Crippen LogP contribution < -0.4 is 15.4 Å². The van der Waals surface area contributed by atoms with Crippen LogP contribution in [0.2, 0.25) is 0 Å². The summed E-state index contributed by atoms with van der Waals surface area (Å²) < 4.78 is 5.41. The summed E-state index contributed by atoms with van der Waals surface area (Å²) >= 11 is 0. The molecule has 3 N–H and O–H groups in total. The highest BCUT2D eigenvalue weighted by Crippen LogP contribution is 2.14. The summed E-state index contributed by atoms with van der Waals surface area (Å²) in [5.41, 5.74) is 0. The number of aliphatic hydroxyl groups excluding tert-OH is 1. The van der Waals surface area contributed by atoms with E-state index in [0.717, 1.165) is 6.42 Å². The number of aliphatic hydroxyl groups is 1. The first-order valence-electron chi connectivity index (χ1n) is 6.54. The molecule has 7 nitrogen and oxygen atoms in total. The number of aromatic nitrogens is 3. The van der Waals surface area contributed by atoms with E-state index in [-0.39, 0.29) is 24.6 Å². The van der Waals surface area contributed by atoms with Gasteiger partial charge in [-0.05, 0) is 12.3 Å². The van der Waals surface area contributed by atoms with Crippen LogP contribution in [0.4, 0.5) is 11.9 Å². The molecule has 1 heterocycles. The van der Waals surface area contributed by atoms with Crippen LogP contribution in [0.15, 0.2) is 0 Å². The third-order valence-electron chi connectivity index (χ3n) is 2.59. The number of nitrogens with one attached hydrogen (secondary N) is 2. The quantitative estimate of drug-likeness (QED) is 0.651. The smallest absolute Gasteiger partial charge is 0.323 e. The monoisotopic (exact) mass is 269 g/mol. The van der Waals surface area contributed by atoms with Crippen LogP contribution in [0, 0.1) is 5.92 Å². The maximum absolute atomic E-state index is 9.31. The molecule has 108 valence electrons. The molecule has 0 saturated carbocycles. The Balaban J connectivity index is 2.86. The number of anilines is 2. The van der Waals surface area contributed by atoms with Gasteiger partial charge in [0.25, 0.3) is 0 Å². The molecule has 0 amide bonds. The Labute approximate surface area is 113 Å². The summed E-state index contributed by atoms with van der Waals surface area (Å²) in [4.78, 5) is 12.5. The molecule has 0 saturated heterocycles. The van der Waals surface area contributed by atoms with Gasteiger partial charge in [0.05, 0.1) is 19.3 Å². The van der Waals surface area contributed by atoms with Gasteiger partial charge >= 0.3 is 6.01 Å². The van der Waals surface area contributed by atoms with E-state index >= 15 is 0 Å². The third-order valence-corrected chi connectivity index (χ3v) is 2.59. The highest BCUT2D eigenvalue weighted by atomic mass is 16.5. The van der Waals surface area contributed by atoms with Gasteiger partial charge in [-0.15, -0.1) is 0 Å². The zero-order valence-corrected chi connectivity index (χ0v) is 12.0. The molecule has 0 aliphatic carbocycles. The second kappa shape index (κ2) is 7.73. The molecule has 1 aromatic heterocycles. The molecule has 1 atom stereocenters. The molecule has 0 bridgehead atoms. The molecule has 0 aromatic carbocycles. The second-order valence-electron chi connectivity index (χ2n) is 4.54. The lowest BCUT2D eigenvalue weighted by molar-refractivity contribution is 0.248. The summed E-state index contributed by atoms with van der Waals surface area (Å²) in [5, 5.41) is 15.3. The summed E-state index contributed by atoms with van der Waals surface area (Å²) in [6.45, 7) is 6.62. The number of rotatable bonds is 8. The molecular weight excluding hydrogens is 246 g/mol. The molecule has 0 aliphatic rings. The largest absolute Gasteiger partial charge is 0.463 e. The van der Waals surface area contributed by atoms with Crippen molar-refractivity contribution in [1.82, 2.24) is 15.0 Å². The van der Waals surface area contributed by atoms with Crippen molar-refractivity contribution in [3.63, 3.8) is 0 Å². The molecule has 0 spiro atoms. The fraction of sp³-hybridized carbons (Fsp3) is 0.750. The van der Waals surface area contributed by atoms with E-state index in [0.29, 0.717) is 18.5 Å². The van der Waals surface area contributed by atoms with Crippen LogP contribution in [0.1, 0.15) is 27.2 Å². The SMILES string of the molecule is CCCOc1nc(NC)nc(N[C@H](CO)C(C)C)n1. The Morgan fingerprint density at radius 1 is 1.21 bits per heavy atom. The normalized spacial score (nSPS) is 12.3. The lowest BCUT2D eigenvalue weighted by Gasteiger charge is -2.20. The molecule has 7 heteroatoms. The Morgan fingerprint density at radius 2 is 1.89 bits per heavy atom. The van der Waals surface area contributed by atoms with Gasteiger partial charge in [0.1, 0.15) is 0 Å². The van der Waals surface area contributed by atoms with Crippen molar-refractivity contribution in [1.29, 1.82) is 0 Å². The van der Waals surface area contributed by atoms with E-state index in [4.69, 9.17) is 4.74 Å². The van der Waals surface area contributed by atoms with Crippen molar-refractivity contribution in [2.24, 2.45) is 5.92 Å². The number of hydrogen-bond acceptors (Lipinski definition) is 7. The van der Waals surface area contributed by atoms with Crippen molar-refractivity contribution in [2.45, 2.75) is 33.2 Å². The van der Waals surface area contributed by atoms with Crippen molar-refractivity contribution in [3.05, 3.63) is 0 Å². The molecule has 1 aromatic rings. The molecule has 0 aliphatic heterocycles. The topological polar surface area (TPSA) is 92.2 Å². The van der Waals surface area contributed by atoms with Gasteiger partial charge in [-0.25, -0.2) is 0 Å². The second-order valence-corrected chi connectivity index (χ2v) is 4.54. The average Bonchev–Trinajstić information content (AvgIpc) is 2.41. The zero-order valence-electron chi connectivity index (χ0n) is 12.0. The fourth-order valence-electron chi connectivity index (χ4n) is 1.38. The number of hydrogen-bond donors (Lipinski definition) is 3. The summed E-state index contributed by atoms with van der Waals surface area (Å²) in [6, 6.07) is 0.176. The van der Waals surface area contributed by atoms with Crippen LogP contribution in [0.3, 0.4) is 0 Å². The minimum absolute atomic E-state index is 0.0172. The predicted octanol–water partition coefficient (Wildman–Crippen LogP) is 1.13. The van der Waals surface area contributed by atoms with Crippen LogP contribution in [0.5, 0.6) is 6.01 Å². The Bertz CT molecular complexity index is 386. The Morgan fingerprint density at radius 3 is 2.42 bits per heavy atom. The third kappa shape index (κ3) is 4.86. The van der Waals surface area contributed by atoms with E-state index in [1.54, 1.807) is 7.05 Å². The molecule has 0 fully saturated rings. The maximum atomic E-state index is 9.31. The molecule has 0 unspecified atom stereocenters. The summed E-state index contributed by atoms with van der Waals surface area (Å²) in [5.74, 6) is 1.10. The van der Waals surface area contributed by atoms with Crippen molar-refractivity contribution in [2.75, 3.05) is 30.9 Å². The molecule has 19 heavy (non-hydrogen) atoms. The van der Waals surface area contributed by atoms with Gasteiger partial charge in [0, 0.05) is 7.05 Å².